The van der Waals surface area contributed by atoms with Gasteiger partial charge in [0.2, 0.25) is 11.9 Å². The van der Waals surface area contributed by atoms with E-state index < -0.39 is 0 Å². The number of carbonyl (C=O) groups excluding carboxylic acids is 1. The molecule has 5 rings (SSSR count). The first kappa shape index (κ1) is 16.5. The third-order valence-electron chi connectivity index (χ3n) is 4.84. The van der Waals surface area contributed by atoms with Crippen LogP contribution in [0.4, 0.5) is 5.95 Å². The molecule has 0 fully saturated rings. The van der Waals surface area contributed by atoms with Crippen LogP contribution in [0, 0.1) is 0 Å². The molecule has 0 bridgehead atoms. The van der Waals surface area contributed by atoms with Crippen molar-refractivity contribution in [2.75, 3.05) is 18.0 Å². The summed E-state index contributed by atoms with van der Waals surface area (Å²) in [5, 5.41) is 7.18. The lowest BCUT2D eigenvalue weighted by molar-refractivity contribution is -0.122. The van der Waals surface area contributed by atoms with Gasteiger partial charge in [0, 0.05) is 18.7 Å². The van der Waals surface area contributed by atoms with E-state index >= 15 is 0 Å². The SMILES string of the molecule is O=C(Cn1nc2n(c1=O)-c1ccccc1C1=NCCCN12)NCc1ccco1. The molecule has 1 aromatic carbocycles. The minimum atomic E-state index is -0.347. The Bertz CT molecular complexity index is 1120. The number of amidine groups is 1. The van der Waals surface area contributed by atoms with Gasteiger partial charge in [0.1, 0.15) is 18.1 Å². The second kappa shape index (κ2) is 6.52. The van der Waals surface area contributed by atoms with Gasteiger partial charge in [-0.25, -0.2) is 14.0 Å². The minimum Gasteiger partial charge on any atom is -0.467 e. The van der Waals surface area contributed by atoms with E-state index in [1.54, 1.807) is 23.0 Å². The summed E-state index contributed by atoms with van der Waals surface area (Å²) >= 11 is 0. The number of nitrogens with one attached hydrogen (secondary N) is 1. The minimum absolute atomic E-state index is 0.165. The van der Waals surface area contributed by atoms with Gasteiger partial charge in [-0.2, -0.15) is 0 Å². The van der Waals surface area contributed by atoms with Crippen molar-refractivity contribution in [3.05, 3.63) is 64.5 Å². The second-order valence-corrected chi connectivity index (χ2v) is 6.66. The Morgan fingerprint density at radius 2 is 2.11 bits per heavy atom. The lowest BCUT2D eigenvalue weighted by Gasteiger charge is -2.33. The molecule has 9 nitrogen and oxygen atoms in total. The average molecular weight is 378 g/mol. The number of nitrogens with zero attached hydrogens (tertiary/aromatic N) is 5. The quantitative estimate of drug-likeness (QED) is 0.728. The number of aromatic nitrogens is 3. The van der Waals surface area contributed by atoms with Gasteiger partial charge in [0.05, 0.1) is 18.5 Å². The zero-order chi connectivity index (χ0) is 19.1. The van der Waals surface area contributed by atoms with Crippen molar-refractivity contribution in [2.45, 2.75) is 19.5 Å². The molecule has 0 saturated carbocycles. The maximum atomic E-state index is 13.0. The van der Waals surface area contributed by atoms with E-state index in [0.29, 0.717) is 11.7 Å². The number of rotatable bonds is 4. The molecule has 0 aliphatic carbocycles. The highest BCUT2D eigenvalue weighted by Crippen LogP contribution is 2.29. The van der Waals surface area contributed by atoms with E-state index in [1.807, 2.05) is 29.2 Å². The highest BCUT2D eigenvalue weighted by molar-refractivity contribution is 6.13. The number of carbonyl (C=O) groups is 1. The molecule has 0 saturated heterocycles. The molecule has 0 spiro atoms. The fourth-order valence-corrected chi connectivity index (χ4v) is 3.56. The van der Waals surface area contributed by atoms with Crippen molar-refractivity contribution in [3.63, 3.8) is 0 Å². The lowest BCUT2D eigenvalue weighted by Crippen LogP contribution is -2.42. The van der Waals surface area contributed by atoms with E-state index in [2.05, 4.69) is 15.4 Å². The number of anilines is 1. The number of furan rings is 1. The van der Waals surface area contributed by atoms with E-state index in [0.717, 1.165) is 36.6 Å². The third-order valence-corrected chi connectivity index (χ3v) is 4.84. The first-order valence-electron chi connectivity index (χ1n) is 9.13. The van der Waals surface area contributed by atoms with Gasteiger partial charge in [-0.1, -0.05) is 12.1 Å². The summed E-state index contributed by atoms with van der Waals surface area (Å²) in [7, 11) is 0. The summed E-state index contributed by atoms with van der Waals surface area (Å²) in [6.07, 6.45) is 2.43. The van der Waals surface area contributed by atoms with E-state index in [1.165, 1.54) is 4.68 Å². The molecule has 0 radical (unpaired) electrons. The summed E-state index contributed by atoms with van der Waals surface area (Å²) in [5.41, 5.74) is 1.29. The molecule has 2 aromatic heterocycles. The second-order valence-electron chi connectivity index (χ2n) is 6.66. The Morgan fingerprint density at radius 1 is 1.21 bits per heavy atom. The fraction of sp³-hybridized carbons (Fsp3) is 0.263. The third kappa shape index (κ3) is 2.63. The fourth-order valence-electron chi connectivity index (χ4n) is 3.56. The smallest absolute Gasteiger partial charge is 0.352 e. The molecular formula is C19H18N6O3. The van der Waals surface area contributed by atoms with Crippen LogP contribution in [-0.4, -0.2) is 39.2 Å². The number of aliphatic imine (C=N–C) groups is 1. The molecule has 0 unspecified atom stereocenters. The van der Waals surface area contributed by atoms with Gasteiger partial charge in [-0.05, 0) is 30.7 Å². The van der Waals surface area contributed by atoms with Gasteiger partial charge in [0.15, 0.2) is 0 Å². The maximum absolute atomic E-state index is 13.0. The summed E-state index contributed by atoms with van der Waals surface area (Å²) < 4.78 is 7.95. The Labute approximate surface area is 159 Å². The van der Waals surface area contributed by atoms with Crippen molar-refractivity contribution in [1.82, 2.24) is 19.7 Å². The summed E-state index contributed by atoms with van der Waals surface area (Å²) in [4.78, 5) is 31.9. The Hall–Kier alpha value is -3.62. The molecule has 2 aliphatic heterocycles. The number of para-hydroxylation sites is 1. The molecule has 1 N–H and O–H groups in total. The van der Waals surface area contributed by atoms with Gasteiger partial charge in [0.25, 0.3) is 0 Å². The molecule has 1 amide bonds. The molecule has 9 heteroatoms. The highest BCUT2D eigenvalue weighted by atomic mass is 16.3. The molecule has 28 heavy (non-hydrogen) atoms. The number of fused-ring (bicyclic) bond motifs is 6. The van der Waals surface area contributed by atoms with Crippen LogP contribution in [0.2, 0.25) is 0 Å². The number of hydrogen-bond donors (Lipinski definition) is 1. The molecule has 142 valence electrons. The molecule has 4 heterocycles. The monoisotopic (exact) mass is 378 g/mol. The summed E-state index contributed by atoms with van der Waals surface area (Å²) in [5.74, 6) is 1.66. The summed E-state index contributed by atoms with van der Waals surface area (Å²) in [6.45, 7) is 1.58. The molecular weight excluding hydrogens is 360 g/mol. The highest BCUT2D eigenvalue weighted by Gasteiger charge is 2.33. The van der Waals surface area contributed by atoms with Crippen LogP contribution >= 0.6 is 0 Å². The van der Waals surface area contributed by atoms with Crippen molar-refractivity contribution in [1.29, 1.82) is 0 Å². The van der Waals surface area contributed by atoms with Crippen LogP contribution in [0.5, 0.6) is 0 Å². The van der Waals surface area contributed by atoms with Crippen molar-refractivity contribution in [3.8, 4) is 5.69 Å². The Kier molecular flexibility index (Phi) is 3.85. The van der Waals surface area contributed by atoms with Gasteiger partial charge < -0.3 is 9.73 Å². The first-order chi connectivity index (χ1) is 13.7. The van der Waals surface area contributed by atoms with Gasteiger partial charge >= 0.3 is 5.69 Å². The van der Waals surface area contributed by atoms with Gasteiger partial charge in [-0.3, -0.25) is 14.7 Å². The van der Waals surface area contributed by atoms with Crippen LogP contribution in [0.3, 0.4) is 0 Å². The van der Waals surface area contributed by atoms with Gasteiger partial charge in [-0.15, -0.1) is 5.10 Å². The van der Waals surface area contributed by atoms with Crippen LogP contribution in [0.15, 0.2) is 56.9 Å². The number of amides is 1. The topological polar surface area (TPSA) is 97.7 Å². The predicted octanol–water partition coefficient (Wildman–Crippen LogP) is 0.914. The zero-order valence-electron chi connectivity index (χ0n) is 15.0. The van der Waals surface area contributed by atoms with Crippen molar-refractivity contribution < 1.29 is 9.21 Å². The number of benzene rings is 1. The number of hydrogen-bond acceptors (Lipinski definition) is 6. The Balaban J connectivity index is 1.48. The zero-order valence-corrected chi connectivity index (χ0v) is 15.0. The van der Waals surface area contributed by atoms with Crippen LogP contribution in [0.25, 0.3) is 5.69 Å². The average Bonchev–Trinajstić information content (AvgIpc) is 3.35. The van der Waals surface area contributed by atoms with Crippen molar-refractivity contribution >= 4 is 17.7 Å². The first-order valence-corrected chi connectivity index (χ1v) is 9.13. The van der Waals surface area contributed by atoms with Crippen LogP contribution in [-0.2, 0) is 17.9 Å². The van der Waals surface area contributed by atoms with Crippen LogP contribution < -0.4 is 15.9 Å². The molecule has 3 aromatic rings. The standard InChI is InChI=1S/C19H18N6O3/c26-16(21-11-13-5-3-10-28-13)12-24-19(27)25-15-7-2-1-6-14(15)17-20-8-4-9-23(17)18(25)22-24/h1-3,5-7,10H,4,8-9,11-12H2,(H,21,26). The largest absolute Gasteiger partial charge is 0.467 e. The maximum Gasteiger partial charge on any atom is 0.352 e. The molecule has 0 atom stereocenters. The van der Waals surface area contributed by atoms with E-state index in [-0.39, 0.29) is 24.7 Å². The van der Waals surface area contributed by atoms with Crippen molar-refractivity contribution in [2.24, 2.45) is 4.99 Å². The molecule has 2 aliphatic rings. The Morgan fingerprint density at radius 3 is 2.96 bits per heavy atom. The summed E-state index contributed by atoms with van der Waals surface area (Å²) in [6, 6.07) is 11.2. The van der Waals surface area contributed by atoms with Crippen LogP contribution in [0.1, 0.15) is 17.7 Å². The normalized spacial score (nSPS) is 14.7. The lowest BCUT2D eigenvalue weighted by atomic mass is 10.1. The predicted molar refractivity (Wildman–Crippen MR) is 102 cm³/mol. The van der Waals surface area contributed by atoms with E-state index in [4.69, 9.17) is 4.42 Å². The van der Waals surface area contributed by atoms with E-state index in [9.17, 15) is 9.59 Å².